The Labute approximate surface area is 202 Å². The first kappa shape index (κ1) is 25.6. The predicted molar refractivity (Wildman–Crippen MR) is 119 cm³/mol. The van der Waals surface area contributed by atoms with Gasteiger partial charge in [-0.25, -0.2) is 19.3 Å². The number of hydrogen-bond acceptors (Lipinski definition) is 4. The van der Waals surface area contributed by atoms with Crippen molar-refractivity contribution in [2.45, 2.75) is 28.6 Å². The van der Waals surface area contributed by atoms with Crippen LogP contribution in [0.5, 0.6) is 0 Å². The summed E-state index contributed by atoms with van der Waals surface area (Å²) in [4.78, 5) is 28.4. The molecule has 2 unspecified atom stereocenters. The lowest BCUT2D eigenvalue weighted by Crippen LogP contribution is -2.27. The monoisotopic (exact) mass is 513 g/mol. The minimum absolute atomic E-state index is 0.117. The maximum atomic E-state index is 11.8. The lowest BCUT2D eigenvalue weighted by molar-refractivity contribution is -0.706. The molecule has 2 heterocycles. The fourth-order valence-corrected chi connectivity index (χ4v) is 4.27. The summed E-state index contributed by atoms with van der Waals surface area (Å²) in [7, 11) is 3.70. The number of pyridine rings is 1. The van der Waals surface area contributed by atoms with Crippen LogP contribution >= 0.6 is 23.4 Å². The van der Waals surface area contributed by atoms with E-state index in [1.807, 2.05) is 30.1 Å². The van der Waals surface area contributed by atoms with Crippen LogP contribution in [0.15, 0.2) is 59.0 Å². The number of imidazole rings is 1. The standard InChI is InChI=1S/C20H19ClN4OS.C2HF3O2/c1-22-19(26)16-9-15(16)12-3-5-13(6-4-12)18-20(25(2)11-24-18)27-17-8-7-14(21)10-23-17;3-2(4,5)1(6)7/h3-8,10-11,15-16H,9H2,1-2H3,(H,22,26);(H,6,7)/p+1. The van der Waals surface area contributed by atoms with Crippen molar-refractivity contribution in [3.8, 4) is 11.3 Å². The average Bonchev–Trinajstić information content (AvgIpc) is 3.52. The zero-order valence-electron chi connectivity index (χ0n) is 18.1. The molecule has 0 aliphatic heterocycles. The molecule has 3 N–H and O–H groups in total. The molecular formula is C22H21ClF3N4O3S+. The van der Waals surface area contributed by atoms with E-state index in [-0.39, 0.29) is 11.8 Å². The zero-order valence-corrected chi connectivity index (χ0v) is 19.6. The molecule has 2 atom stereocenters. The van der Waals surface area contributed by atoms with E-state index in [2.05, 4.69) is 39.6 Å². The summed E-state index contributed by atoms with van der Waals surface area (Å²) in [6, 6.07) is 12.2. The number of amides is 1. The van der Waals surface area contributed by atoms with E-state index in [0.29, 0.717) is 10.9 Å². The molecule has 7 nitrogen and oxygen atoms in total. The van der Waals surface area contributed by atoms with Crippen LogP contribution in [0.1, 0.15) is 17.9 Å². The highest BCUT2D eigenvalue weighted by molar-refractivity contribution is 7.99. The number of rotatable bonds is 5. The molecule has 0 spiro atoms. The van der Waals surface area contributed by atoms with Crippen LogP contribution in [0, 0.1) is 5.92 Å². The predicted octanol–water partition coefficient (Wildman–Crippen LogP) is 4.19. The Hall–Kier alpha value is -3.05. The number of carbonyl (C=O) groups is 2. The van der Waals surface area contributed by atoms with Gasteiger partial charge in [-0.1, -0.05) is 35.9 Å². The van der Waals surface area contributed by atoms with Gasteiger partial charge in [-0.15, -0.1) is 0 Å². The van der Waals surface area contributed by atoms with Gasteiger partial charge in [-0.2, -0.15) is 13.2 Å². The van der Waals surface area contributed by atoms with Crippen LogP contribution in [-0.4, -0.2) is 40.2 Å². The third-order valence-corrected chi connectivity index (χ3v) is 6.44. The van der Waals surface area contributed by atoms with Crippen LogP contribution in [0.2, 0.25) is 5.02 Å². The van der Waals surface area contributed by atoms with Gasteiger partial charge in [0.1, 0.15) is 5.03 Å². The number of halogens is 4. The summed E-state index contributed by atoms with van der Waals surface area (Å²) < 4.78 is 33.8. The van der Waals surface area contributed by atoms with E-state index in [4.69, 9.17) is 21.5 Å². The topological polar surface area (TPSA) is 99.0 Å². The highest BCUT2D eigenvalue weighted by Gasteiger charge is 2.43. The van der Waals surface area contributed by atoms with Crippen molar-refractivity contribution in [2.24, 2.45) is 13.0 Å². The zero-order chi connectivity index (χ0) is 25.0. The fraction of sp³-hybridized carbons (Fsp3) is 0.273. The third-order valence-electron chi connectivity index (χ3n) is 5.08. The Morgan fingerprint density at radius 2 is 1.88 bits per heavy atom. The van der Waals surface area contributed by atoms with Crippen molar-refractivity contribution >= 4 is 35.2 Å². The first-order valence-corrected chi connectivity index (χ1v) is 11.2. The van der Waals surface area contributed by atoms with E-state index in [1.54, 1.807) is 25.0 Å². The van der Waals surface area contributed by atoms with Crippen molar-refractivity contribution < 1.29 is 32.4 Å². The van der Waals surface area contributed by atoms with Gasteiger partial charge in [0.05, 0.1) is 12.1 Å². The molecule has 2 aromatic heterocycles. The van der Waals surface area contributed by atoms with E-state index < -0.39 is 12.1 Å². The highest BCUT2D eigenvalue weighted by atomic mass is 35.5. The highest BCUT2D eigenvalue weighted by Crippen LogP contribution is 2.47. The largest absolute Gasteiger partial charge is 0.490 e. The molecule has 4 rings (SSSR count). The summed E-state index contributed by atoms with van der Waals surface area (Å²) in [6.45, 7) is 0. The van der Waals surface area contributed by atoms with Crippen molar-refractivity contribution in [1.29, 1.82) is 0 Å². The Morgan fingerprint density at radius 3 is 2.41 bits per heavy atom. The molecule has 34 heavy (non-hydrogen) atoms. The number of alkyl halides is 3. The summed E-state index contributed by atoms with van der Waals surface area (Å²) in [6.07, 6.45) is -0.562. The van der Waals surface area contributed by atoms with E-state index in [1.165, 1.54) is 5.56 Å². The number of nitrogens with one attached hydrogen (secondary N) is 2. The Kier molecular flexibility index (Phi) is 7.88. The third kappa shape index (κ3) is 6.29. The fourth-order valence-electron chi connectivity index (χ4n) is 3.25. The Bertz CT molecular complexity index is 1170. The van der Waals surface area contributed by atoms with Crippen LogP contribution in [0.4, 0.5) is 13.2 Å². The van der Waals surface area contributed by atoms with Gasteiger partial charge in [-0.05, 0) is 41.8 Å². The number of aryl methyl sites for hydroxylation is 1. The second-order valence-corrected chi connectivity index (χ2v) is 8.91. The van der Waals surface area contributed by atoms with Gasteiger partial charge in [0.2, 0.25) is 17.3 Å². The first-order valence-electron chi connectivity index (χ1n) is 9.99. The number of aliphatic carboxylic acids is 1. The number of carbonyl (C=O) groups excluding carboxylic acids is 1. The quantitative estimate of drug-likeness (QED) is 0.444. The van der Waals surface area contributed by atoms with Gasteiger partial charge in [0, 0.05) is 24.7 Å². The second kappa shape index (κ2) is 10.5. The average molecular weight is 514 g/mol. The number of aromatic amines is 1. The summed E-state index contributed by atoms with van der Waals surface area (Å²) in [5, 5.41) is 12.5. The van der Waals surface area contributed by atoms with Gasteiger partial charge in [-0.3, -0.25) is 4.79 Å². The van der Waals surface area contributed by atoms with Crippen molar-refractivity contribution in [2.75, 3.05) is 7.05 Å². The maximum Gasteiger partial charge on any atom is 0.490 e. The van der Waals surface area contributed by atoms with Crippen LogP contribution < -0.4 is 9.88 Å². The molecular weight excluding hydrogens is 493 g/mol. The van der Waals surface area contributed by atoms with Gasteiger partial charge in [0.15, 0.2) is 5.69 Å². The lowest BCUT2D eigenvalue weighted by Gasteiger charge is -2.04. The smallest absolute Gasteiger partial charge is 0.475 e. The van der Waals surface area contributed by atoms with E-state index >= 15 is 0 Å². The molecule has 12 heteroatoms. The van der Waals surface area contributed by atoms with Crippen molar-refractivity contribution in [3.63, 3.8) is 0 Å². The normalized spacial score (nSPS) is 16.9. The minimum Gasteiger partial charge on any atom is -0.475 e. The molecule has 0 bridgehead atoms. The molecule has 1 aliphatic carbocycles. The maximum absolute atomic E-state index is 11.8. The van der Waals surface area contributed by atoms with Crippen molar-refractivity contribution in [3.05, 3.63) is 59.5 Å². The number of aromatic nitrogens is 3. The van der Waals surface area contributed by atoms with Crippen LogP contribution in [0.3, 0.4) is 0 Å². The number of carboxylic acid groups (broad SMARTS) is 1. The molecule has 1 amide bonds. The number of hydrogen-bond donors (Lipinski definition) is 3. The van der Waals surface area contributed by atoms with Crippen molar-refractivity contribution in [1.82, 2.24) is 15.3 Å². The summed E-state index contributed by atoms with van der Waals surface area (Å²) in [5.74, 6) is -2.17. The van der Waals surface area contributed by atoms with E-state index in [0.717, 1.165) is 27.7 Å². The molecule has 1 aliphatic rings. The molecule has 0 saturated heterocycles. The van der Waals surface area contributed by atoms with Crippen LogP contribution in [0.25, 0.3) is 11.3 Å². The molecule has 1 aromatic carbocycles. The summed E-state index contributed by atoms with van der Waals surface area (Å²) >= 11 is 7.52. The second-order valence-electron chi connectivity index (χ2n) is 7.47. The Morgan fingerprint density at radius 1 is 1.24 bits per heavy atom. The van der Waals surface area contributed by atoms with Crippen LogP contribution in [-0.2, 0) is 16.6 Å². The Balaban J connectivity index is 0.000000406. The van der Waals surface area contributed by atoms with Gasteiger partial charge >= 0.3 is 12.1 Å². The minimum atomic E-state index is -5.08. The van der Waals surface area contributed by atoms with Gasteiger partial charge < -0.3 is 10.4 Å². The first-order chi connectivity index (χ1) is 16.0. The number of H-pyrrole nitrogens is 1. The SMILES string of the molecule is CNC(=O)C1CC1c1ccc(-c2[nH]c[n+](C)c2Sc2ccc(Cl)cn2)cc1.O=C(O)C(F)(F)F. The van der Waals surface area contributed by atoms with E-state index in [9.17, 15) is 18.0 Å². The number of carboxylic acids is 1. The molecule has 0 radical (unpaired) electrons. The summed E-state index contributed by atoms with van der Waals surface area (Å²) in [5.41, 5.74) is 3.37. The lowest BCUT2D eigenvalue weighted by atomic mass is 10.1. The molecule has 180 valence electrons. The van der Waals surface area contributed by atoms with Gasteiger partial charge in [0.25, 0.3) is 0 Å². The number of nitrogens with zero attached hydrogens (tertiary/aromatic N) is 2. The molecule has 1 fully saturated rings. The molecule has 1 saturated carbocycles. The molecule has 3 aromatic rings. The number of benzene rings is 1.